The molecule has 0 amide bonds. The Balaban J connectivity index is 1.60. The van der Waals surface area contributed by atoms with Gasteiger partial charge in [-0.05, 0) is 107 Å². The normalized spacial score (nSPS) is 43.3. The highest BCUT2D eigenvalue weighted by Gasteiger charge is 2.61. The maximum atomic E-state index is 6.69. The van der Waals surface area contributed by atoms with Crippen molar-refractivity contribution < 1.29 is 13.7 Å². The fraction of sp³-hybridized carbons (Fsp3) is 0.885. The predicted molar refractivity (Wildman–Crippen MR) is 138 cm³/mol. The predicted octanol–water partition coefficient (Wildman–Crippen LogP) is 7.00. The van der Waals surface area contributed by atoms with Crippen LogP contribution in [0.15, 0.2) is 16.8 Å². The van der Waals surface area contributed by atoms with E-state index >= 15 is 0 Å². The number of hydrogen-bond acceptors (Lipinski definition) is 4. The second-order valence-electron chi connectivity index (χ2n) is 13.4. The van der Waals surface area contributed by atoms with E-state index in [1.165, 1.54) is 37.8 Å². The molecule has 0 heterocycles. The molecule has 0 radical (unpaired) electrons. The Bertz CT molecular complexity index is 783. The van der Waals surface area contributed by atoms with Crippen molar-refractivity contribution in [2.75, 3.05) is 7.11 Å². The first-order valence-electron chi connectivity index (χ1n) is 12.9. The van der Waals surface area contributed by atoms with Crippen LogP contribution in [0, 0.1) is 28.6 Å². The Morgan fingerprint density at radius 2 is 1.56 bits per heavy atom. The summed E-state index contributed by atoms with van der Waals surface area (Å²) in [4.78, 5) is 5.38. The van der Waals surface area contributed by atoms with Gasteiger partial charge >= 0.3 is 0 Å². The zero-order valence-corrected chi connectivity index (χ0v) is 24.1. The molecule has 182 valence electrons. The Morgan fingerprint density at radius 1 is 0.906 bits per heavy atom. The van der Waals surface area contributed by atoms with Crippen LogP contribution in [-0.2, 0) is 13.7 Å². The summed E-state index contributed by atoms with van der Waals surface area (Å²) >= 11 is 0. The second kappa shape index (κ2) is 8.35. The Labute approximate surface area is 198 Å². The molecule has 32 heavy (non-hydrogen) atoms. The molecule has 0 aliphatic heterocycles. The van der Waals surface area contributed by atoms with Crippen LogP contribution in [0.4, 0.5) is 0 Å². The lowest BCUT2D eigenvalue weighted by Gasteiger charge is -2.57. The minimum absolute atomic E-state index is 0.112. The summed E-state index contributed by atoms with van der Waals surface area (Å²) in [5.41, 5.74) is 3.36. The van der Waals surface area contributed by atoms with Crippen molar-refractivity contribution in [3.63, 3.8) is 0 Å². The summed E-state index contributed by atoms with van der Waals surface area (Å²) in [6, 6.07) is 0. The van der Waals surface area contributed by atoms with E-state index in [0.717, 1.165) is 24.7 Å². The molecule has 4 aliphatic carbocycles. The van der Waals surface area contributed by atoms with Gasteiger partial charge in [-0.3, -0.25) is 0 Å². The highest BCUT2D eigenvalue weighted by atomic mass is 28.4. The van der Waals surface area contributed by atoms with Crippen molar-refractivity contribution in [1.82, 2.24) is 0 Å². The first-order chi connectivity index (χ1) is 14.8. The van der Waals surface area contributed by atoms with Gasteiger partial charge in [0.2, 0.25) is 0 Å². The number of allylic oxidation sites excluding steroid dienone is 1. The first kappa shape index (κ1) is 24.7. The third-order valence-electron chi connectivity index (χ3n) is 9.01. The van der Waals surface area contributed by atoms with E-state index in [2.05, 4.69) is 64.4 Å². The lowest BCUT2D eigenvalue weighted by Crippen LogP contribution is -2.51. The lowest BCUT2D eigenvalue weighted by atomic mass is 9.48. The molecule has 0 N–H and O–H groups in total. The van der Waals surface area contributed by atoms with Crippen molar-refractivity contribution >= 4 is 22.3 Å². The zero-order chi connectivity index (χ0) is 23.5. The number of hydrogen-bond donors (Lipinski definition) is 0. The maximum Gasteiger partial charge on any atom is 0.184 e. The van der Waals surface area contributed by atoms with Gasteiger partial charge in [0.15, 0.2) is 16.6 Å². The molecular formula is C26H47NO3Si2. The van der Waals surface area contributed by atoms with Gasteiger partial charge in [-0.1, -0.05) is 30.7 Å². The second-order valence-corrected chi connectivity index (χ2v) is 22.3. The number of rotatable bonds is 5. The summed E-state index contributed by atoms with van der Waals surface area (Å²) in [5.74, 6) is 2.15. The van der Waals surface area contributed by atoms with Crippen molar-refractivity contribution in [1.29, 1.82) is 0 Å². The average Bonchev–Trinajstić information content (AvgIpc) is 2.92. The lowest BCUT2D eigenvalue weighted by molar-refractivity contribution is -0.0215. The molecular weight excluding hydrogens is 430 g/mol. The maximum absolute atomic E-state index is 6.69. The van der Waals surface area contributed by atoms with Gasteiger partial charge in [0.1, 0.15) is 7.11 Å². The van der Waals surface area contributed by atoms with Gasteiger partial charge in [-0.25, -0.2) is 0 Å². The molecule has 0 aromatic heterocycles. The Hall–Kier alpha value is -0.436. The quantitative estimate of drug-likeness (QED) is 0.243. The molecule has 0 saturated heterocycles. The number of oxime groups is 1. The summed E-state index contributed by atoms with van der Waals surface area (Å²) in [5, 5.41) is 4.61. The zero-order valence-electron chi connectivity index (χ0n) is 22.1. The molecule has 7 atom stereocenters. The SMILES string of the molecule is CO/N=C1\C(O[Si](C)(C)C)C[C@H]2[C@@H]3CC=C4CC(O[Si](C)(C)C)CC[C@]4(C)[C@H]3CC[C@]12C. The minimum atomic E-state index is -1.66. The monoisotopic (exact) mass is 477 g/mol. The third kappa shape index (κ3) is 4.46. The Morgan fingerprint density at radius 3 is 2.19 bits per heavy atom. The van der Waals surface area contributed by atoms with Crippen LogP contribution in [0.25, 0.3) is 0 Å². The molecule has 4 rings (SSSR count). The molecule has 2 unspecified atom stereocenters. The molecule has 4 nitrogen and oxygen atoms in total. The van der Waals surface area contributed by atoms with Gasteiger partial charge in [-0.15, -0.1) is 0 Å². The standard InChI is InChI=1S/C26H47NO3Si2/c1-25-14-12-19(29-31(4,5)6)16-18(25)10-11-20-21(25)13-15-26(2)22(20)17-23(24(26)27-28-3)30-32(7,8)9/h10,19-23H,11-17H2,1-9H3/b27-24+/t19?,20-,21+,22+,23?,25+,26+/m1/s1. The fourth-order valence-electron chi connectivity index (χ4n) is 7.80. The average molecular weight is 478 g/mol. The molecule has 3 fully saturated rings. The largest absolute Gasteiger partial charge is 0.414 e. The first-order valence-corrected chi connectivity index (χ1v) is 19.8. The van der Waals surface area contributed by atoms with E-state index in [-0.39, 0.29) is 11.5 Å². The summed E-state index contributed by atoms with van der Waals surface area (Å²) < 4.78 is 13.2. The number of nitrogens with zero attached hydrogens (tertiary/aromatic N) is 1. The van der Waals surface area contributed by atoms with E-state index < -0.39 is 16.6 Å². The van der Waals surface area contributed by atoms with Crippen molar-refractivity contribution in [3.8, 4) is 0 Å². The highest BCUT2D eigenvalue weighted by Crippen LogP contribution is 2.64. The van der Waals surface area contributed by atoms with E-state index in [1.54, 1.807) is 12.7 Å². The van der Waals surface area contributed by atoms with Crippen LogP contribution in [0.5, 0.6) is 0 Å². The molecule has 0 spiro atoms. The molecule has 3 saturated carbocycles. The Kier molecular flexibility index (Phi) is 6.44. The summed E-state index contributed by atoms with van der Waals surface area (Å²) in [6.45, 7) is 18.9. The van der Waals surface area contributed by atoms with Gasteiger partial charge in [0, 0.05) is 11.5 Å². The fourth-order valence-corrected chi connectivity index (χ4v) is 10.1. The topological polar surface area (TPSA) is 40.0 Å². The van der Waals surface area contributed by atoms with Crippen LogP contribution >= 0.6 is 0 Å². The van der Waals surface area contributed by atoms with Crippen LogP contribution in [0.1, 0.15) is 58.8 Å². The molecule has 0 aromatic rings. The van der Waals surface area contributed by atoms with Crippen LogP contribution < -0.4 is 0 Å². The molecule has 6 heteroatoms. The summed E-state index contributed by atoms with van der Waals surface area (Å²) in [6.07, 6.45) is 11.7. The van der Waals surface area contributed by atoms with Crippen molar-refractivity contribution in [2.45, 2.75) is 110 Å². The van der Waals surface area contributed by atoms with E-state index in [9.17, 15) is 0 Å². The van der Waals surface area contributed by atoms with E-state index in [4.69, 9.17) is 13.7 Å². The van der Waals surface area contributed by atoms with Gasteiger partial charge in [-0.2, -0.15) is 0 Å². The smallest absolute Gasteiger partial charge is 0.184 e. The van der Waals surface area contributed by atoms with E-state index in [0.29, 0.717) is 17.4 Å². The van der Waals surface area contributed by atoms with Crippen LogP contribution in [0.2, 0.25) is 39.3 Å². The summed E-state index contributed by atoms with van der Waals surface area (Å²) in [7, 11) is -1.46. The number of fused-ring (bicyclic) bond motifs is 5. The van der Waals surface area contributed by atoms with Crippen molar-refractivity contribution in [3.05, 3.63) is 11.6 Å². The molecule has 4 aliphatic rings. The van der Waals surface area contributed by atoms with Gasteiger partial charge < -0.3 is 13.7 Å². The highest BCUT2D eigenvalue weighted by molar-refractivity contribution is 6.70. The minimum Gasteiger partial charge on any atom is -0.414 e. The van der Waals surface area contributed by atoms with Crippen molar-refractivity contribution in [2.24, 2.45) is 33.7 Å². The van der Waals surface area contributed by atoms with Gasteiger partial charge in [0.05, 0.1) is 11.8 Å². The third-order valence-corrected chi connectivity index (χ3v) is 11.0. The van der Waals surface area contributed by atoms with Gasteiger partial charge in [0.25, 0.3) is 0 Å². The molecule has 0 aromatic carbocycles. The molecule has 0 bridgehead atoms. The van der Waals surface area contributed by atoms with E-state index in [1.807, 2.05) is 0 Å². The van der Waals surface area contributed by atoms with Crippen LogP contribution in [-0.4, -0.2) is 41.7 Å². The van der Waals surface area contributed by atoms with Crippen LogP contribution in [0.3, 0.4) is 0 Å².